The normalized spacial score (nSPS) is 24.0. The highest BCUT2D eigenvalue weighted by atomic mass is 32.2. The van der Waals surface area contributed by atoms with Gasteiger partial charge in [0.2, 0.25) is 10.0 Å². The molecule has 1 aromatic carbocycles. The van der Waals surface area contributed by atoms with Crippen LogP contribution in [0.4, 0.5) is 0 Å². The zero-order valence-corrected chi connectivity index (χ0v) is 13.2. The third-order valence-electron chi connectivity index (χ3n) is 3.32. The zero-order chi connectivity index (χ0) is 15.5. The average Bonchev–Trinajstić information content (AvgIpc) is 2.37. The molecule has 0 radical (unpaired) electrons. The fourth-order valence-corrected chi connectivity index (χ4v) is 3.00. The third-order valence-corrected chi connectivity index (χ3v) is 4.25. The fraction of sp³-hybridized carbons (Fsp3) is 0.571. The highest BCUT2D eigenvalue weighted by Crippen LogP contribution is 2.15. The summed E-state index contributed by atoms with van der Waals surface area (Å²) in [5.41, 5.74) is 0. The Labute approximate surface area is 125 Å². The quantitative estimate of drug-likeness (QED) is 0.870. The first-order valence-corrected chi connectivity index (χ1v) is 8.52. The molecule has 0 aromatic heterocycles. The highest BCUT2D eigenvalue weighted by molar-refractivity contribution is 7.89. The zero-order valence-electron chi connectivity index (χ0n) is 12.4. The molecule has 0 saturated carbocycles. The lowest BCUT2D eigenvalue weighted by Gasteiger charge is -2.35. The smallest absolute Gasteiger partial charge is 0.238 e. The van der Waals surface area contributed by atoms with Crippen molar-refractivity contribution in [2.45, 2.75) is 31.0 Å². The summed E-state index contributed by atoms with van der Waals surface area (Å²) in [6.07, 6.45) is 0.477. The van der Waals surface area contributed by atoms with Gasteiger partial charge in [0, 0.05) is 19.6 Å². The SMILES string of the molecule is C[C@H]1CN(CCOc2ccc(S(N)(=O)=O)cc2)C[C@H](C)O1. The van der Waals surface area contributed by atoms with E-state index in [1.807, 2.05) is 0 Å². The van der Waals surface area contributed by atoms with Gasteiger partial charge in [0.1, 0.15) is 12.4 Å². The predicted molar refractivity (Wildman–Crippen MR) is 79.8 cm³/mol. The Kier molecular flexibility index (Phi) is 5.21. The highest BCUT2D eigenvalue weighted by Gasteiger charge is 2.21. The van der Waals surface area contributed by atoms with E-state index in [-0.39, 0.29) is 17.1 Å². The summed E-state index contributed by atoms with van der Waals surface area (Å²) < 4.78 is 33.6. The number of primary sulfonamides is 1. The summed E-state index contributed by atoms with van der Waals surface area (Å²) >= 11 is 0. The van der Waals surface area contributed by atoms with Crippen LogP contribution in [0.1, 0.15) is 13.8 Å². The standard InChI is InChI=1S/C14H22N2O4S/c1-11-9-16(10-12(2)20-11)7-8-19-13-3-5-14(6-4-13)21(15,17)18/h3-6,11-12H,7-10H2,1-2H3,(H2,15,17,18)/t11-,12-/m0/s1. The van der Waals surface area contributed by atoms with Crippen molar-refractivity contribution in [1.82, 2.24) is 4.90 Å². The van der Waals surface area contributed by atoms with Crippen molar-refractivity contribution >= 4 is 10.0 Å². The molecule has 7 heteroatoms. The van der Waals surface area contributed by atoms with Crippen LogP contribution in [-0.2, 0) is 14.8 Å². The number of ether oxygens (including phenoxy) is 2. The maximum absolute atomic E-state index is 11.1. The van der Waals surface area contributed by atoms with Gasteiger partial charge in [-0.2, -0.15) is 0 Å². The van der Waals surface area contributed by atoms with Gasteiger partial charge in [0.25, 0.3) is 0 Å². The van der Waals surface area contributed by atoms with Crippen LogP contribution in [-0.4, -0.2) is 51.8 Å². The van der Waals surface area contributed by atoms with E-state index < -0.39 is 10.0 Å². The van der Waals surface area contributed by atoms with Gasteiger partial charge in [-0.15, -0.1) is 0 Å². The van der Waals surface area contributed by atoms with E-state index >= 15 is 0 Å². The molecule has 21 heavy (non-hydrogen) atoms. The van der Waals surface area contributed by atoms with Crippen molar-refractivity contribution < 1.29 is 17.9 Å². The predicted octanol–water partition coefficient (Wildman–Crippen LogP) is 0.822. The largest absolute Gasteiger partial charge is 0.492 e. The van der Waals surface area contributed by atoms with Crippen LogP contribution in [0, 0.1) is 0 Å². The Morgan fingerprint density at radius 1 is 1.24 bits per heavy atom. The molecule has 1 fully saturated rings. The number of rotatable bonds is 5. The number of hydrogen-bond donors (Lipinski definition) is 1. The molecule has 0 unspecified atom stereocenters. The lowest BCUT2D eigenvalue weighted by Crippen LogP contribution is -2.46. The van der Waals surface area contributed by atoms with E-state index in [1.165, 1.54) is 12.1 Å². The molecule has 0 spiro atoms. The summed E-state index contributed by atoms with van der Waals surface area (Å²) in [6, 6.07) is 6.13. The van der Waals surface area contributed by atoms with Crippen molar-refractivity contribution in [1.29, 1.82) is 0 Å². The Morgan fingerprint density at radius 3 is 2.33 bits per heavy atom. The number of nitrogens with zero attached hydrogens (tertiary/aromatic N) is 1. The summed E-state index contributed by atoms with van der Waals surface area (Å²) in [5.74, 6) is 0.636. The maximum Gasteiger partial charge on any atom is 0.238 e. The number of morpholine rings is 1. The maximum atomic E-state index is 11.1. The fourth-order valence-electron chi connectivity index (χ4n) is 2.49. The molecular formula is C14H22N2O4S. The van der Waals surface area contributed by atoms with Crippen molar-refractivity contribution in [2.24, 2.45) is 5.14 Å². The van der Waals surface area contributed by atoms with Gasteiger partial charge in [-0.3, -0.25) is 4.90 Å². The minimum absolute atomic E-state index is 0.0886. The van der Waals surface area contributed by atoms with Gasteiger partial charge in [0.05, 0.1) is 17.1 Å². The molecule has 1 aromatic rings. The topological polar surface area (TPSA) is 81.9 Å². The van der Waals surface area contributed by atoms with Gasteiger partial charge >= 0.3 is 0 Å². The molecule has 1 aliphatic heterocycles. The molecule has 0 amide bonds. The van der Waals surface area contributed by atoms with Gasteiger partial charge in [-0.1, -0.05) is 0 Å². The Morgan fingerprint density at radius 2 is 1.81 bits per heavy atom. The minimum Gasteiger partial charge on any atom is -0.492 e. The van der Waals surface area contributed by atoms with Crippen LogP contribution >= 0.6 is 0 Å². The van der Waals surface area contributed by atoms with E-state index in [9.17, 15) is 8.42 Å². The Bertz CT molecular complexity index is 549. The molecule has 2 N–H and O–H groups in total. The first-order chi connectivity index (χ1) is 9.84. The molecule has 1 aliphatic rings. The van der Waals surface area contributed by atoms with E-state index in [4.69, 9.17) is 14.6 Å². The molecule has 1 saturated heterocycles. The first kappa shape index (κ1) is 16.2. The van der Waals surface area contributed by atoms with Gasteiger partial charge < -0.3 is 9.47 Å². The second-order valence-corrected chi connectivity index (χ2v) is 6.94. The van der Waals surface area contributed by atoms with Crippen molar-refractivity contribution in [3.05, 3.63) is 24.3 Å². The van der Waals surface area contributed by atoms with Crippen LogP contribution in [0.25, 0.3) is 0 Å². The van der Waals surface area contributed by atoms with Crippen LogP contribution in [0.3, 0.4) is 0 Å². The molecule has 0 aliphatic carbocycles. The Balaban J connectivity index is 1.81. The van der Waals surface area contributed by atoms with Gasteiger partial charge in [-0.05, 0) is 38.1 Å². The van der Waals surface area contributed by atoms with E-state index in [0.717, 1.165) is 19.6 Å². The molecule has 118 valence electrons. The summed E-state index contributed by atoms with van der Waals surface area (Å²) in [6.45, 7) is 7.30. The van der Waals surface area contributed by atoms with E-state index in [1.54, 1.807) is 12.1 Å². The minimum atomic E-state index is -3.65. The number of benzene rings is 1. The summed E-state index contributed by atoms with van der Waals surface area (Å²) in [4.78, 5) is 2.39. The lowest BCUT2D eigenvalue weighted by atomic mass is 10.2. The van der Waals surface area contributed by atoms with Crippen molar-refractivity contribution in [3.63, 3.8) is 0 Å². The summed E-state index contributed by atoms with van der Waals surface area (Å²) in [7, 11) is -3.65. The Hall–Kier alpha value is -1.15. The summed E-state index contributed by atoms with van der Waals surface area (Å²) in [5, 5.41) is 5.04. The second kappa shape index (κ2) is 6.74. The second-order valence-electron chi connectivity index (χ2n) is 5.38. The molecule has 2 rings (SSSR count). The van der Waals surface area contributed by atoms with Crippen LogP contribution in [0.5, 0.6) is 5.75 Å². The van der Waals surface area contributed by atoms with Gasteiger partial charge in [0.15, 0.2) is 0 Å². The van der Waals surface area contributed by atoms with Crippen LogP contribution in [0.15, 0.2) is 29.2 Å². The third kappa shape index (κ3) is 4.96. The molecular weight excluding hydrogens is 292 g/mol. The van der Waals surface area contributed by atoms with Gasteiger partial charge in [-0.25, -0.2) is 13.6 Å². The lowest BCUT2D eigenvalue weighted by molar-refractivity contribution is -0.0699. The number of sulfonamides is 1. The van der Waals surface area contributed by atoms with Crippen molar-refractivity contribution in [2.75, 3.05) is 26.2 Å². The van der Waals surface area contributed by atoms with E-state index in [2.05, 4.69) is 18.7 Å². The number of hydrogen-bond acceptors (Lipinski definition) is 5. The molecule has 2 atom stereocenters. The van der Waals surface area contributed by atoms with Crippen LogP contribution in [0.2, 0.25) is 0 Å². The molecule has 0 bridgehead atoms. The number of nitrogens with two attached hydrogens (primary N) is 1. The first-order valence-electron chi connectivity index (χ1n) is 6.98. The molecule has 1 heterocycles. The van der Waals surface area contributed by atoms with E-state index in [0.29, 0.717) is 12.4 Å². The molecule has 6 nitrogen and oxygen atoms in total. The van der Waals surface area contributed by atoms with Crippen molar-refractivity contribution in [3.8, 4) is 5.75 Å². The van der Waals surface area contributed by atoms with Crippen LogP contribution < -0.4 is 9.88 Å². The average molecular weight is 314 g/mol. The monoisotopic (exact) mass is 314 g/mol.